The lowest BCUT2D eigenvalue weighted by molar-refractivity contribution is -0.118. The molecule has 3 aromatic rings. The van der Waals surface area contributed by atoms with Crippen molar-refractivity contribution < 1.29 is 14.3 Å². The van der Waals surface area contributed by atoms with Crippen LogP contribution in [0.25, 0.3) is 11.1 Å². The van der Waals surface area contributed by atoms with Crippen LogP contribution in [0.2, 0.25) is 0 Å². The molecule has 0 aliphatic rings. The van der Waals surface area contributed by atoms with E-state index in [1.165, 1.54) is 0 Å². The summed E-state index contributed by atoms with van der Waals surface area (Å²) < 4.78 is 11.0. The zero-order valence-corrected chi connectivity index (χ0v) is 14.9. The van der Waals surface area contributed by atoms with Gasteiger partial charge in [0.05, 0.1) is 0 Å². The van der Waals surface area contributed by atoms with E-state index in [9.17, 15) is 4.79 Å². The van der Waals surface area contributed by atoms with Gasteiger partial charge in [-0.1, -0.05) is 55.1 Å². The quantitative estimate of drug-likeness (QED) is 0.580. The van der Waals surface area contributed by atoms with Crippen LogP contribution in [0.4, 0.5) is 5.69 Å². The molecule has 0 fully saturated rings. The highest BCUT2D eigenvalue weighted by Crippen LogP contribution is 2.22. The summed E-state index contributed by atoms with van der Waals surface area (Å²) in [5, 5.41) is 2.79. The van der Waals surface area contributed by atoms with Crippen molar-refractivity contribution in [2.24, 2.45) is 0 Å². The number of benzene rings is 3. The molecule has 3 rings (SSSR count). The number of ether oxygens (including phenoxy) is 2. The third-order valence-electron chi connectivity index (χ3n) is 3.84. The molecular formula is C23H21NO3. The number of anilines is 1. The Labute approximate surface area is 159 Å². The van der Waals surface area contributed by atoms with Crippen LogP contribution in [0.15, 0.2) is 91.5 Å². The minimum atomic E-state index is -0.220. The molecule has 1 N–H and O–H groups in total. The second kappa shape index (κ2) is 9.25. The molecule has 27 heavy (non-hydrogen) atoms. The smallest absolute Gasteiger partial charge is 0.262 e. The Balaban J connectivity index is 1.49. The molecule has 0 radical (unpaired) electrons. The minimum absolute atomic E-state index is 0.0562. The van der Waals surface area contributed by atoms with Gasteiger partial charge in [0, 0.05) is 5.69 Å². The van der Waals surface area contributed by atoms with Crippen molar-refractivity contribution in [1.82, 2.24) is 0 Å². The Morgan fingerprint density at radius 1 is 0.815 bits per heavy atom. The number of rotatable bonds is 8. The third kappa shape index (κ3) is 5.47. The van der Waals surface area contributed by atoms with Gasteiger partial charge in [0.15, 0.2) is 6.61 Å². The first-order valence-electron chi connectivity index (χ1n) is 8.66. The lowest BCUT2D eigenvalue weighted by Gasteiger charge is -2.09. The van der Waals surface area contributed by atoms with E-state index in [2.05, 4.69) is 24.0 Å². The molecule has 3 aromatic carbocycles. The van der Waals surface area contributed by atoms with E-state index in [0.717, 1.165) is 16.9 Å². The third-order valence-corrected chi connectivity index (χ3v) is 3.84. The van der Waals surface area contributed by atoms with E-state index < -0.39 is 0 Å². The molecule has 0 aromatic heterocycles. The molecule has 1 amide bonds. The highest BCUT2D eigenvalue weighted by Gasteiger charge is 2.05. The second-order valence-electron chi connectivity index (χ2n) is 5.85. The zero-order chi connectivity index (χ0) is 18.9. The van der Waals surface area contributed by atoms with E-state index in [1.807, 2.05) is 42.5 Å². The van der Waals surface area contributed by atoms with Gasteiger partial charge in [0.2, 0.25) is 0 Å². The Morgan fingerprint density at radius 2 is 1.41 bits per heavy atom. The van der Waals surface area contributed by atoms with E-state index in [-0.39, 0.29) is 12.5 Å². The standard InChI is InChI=1S/C23H21NO3/c1-2-16-26-21-14-10-20(11-15-21)24-23(25)17-27-22-12-8-19(9-13-22)18-6-4-3-5-7-18/h2-15H,1,16-17H2,(H,24,25). The summed E-state index contributed by atoms with van der Waals surface area (Å²) in [7, 11) is 0. The van der Waals surface area contributed by atoms with Crippen LogP contribution < -0.4 is 14.8 Å². The van der Waals surface area contributed by atoms with Crippen LogP contribution >= 0.6 is 0 Å². The maximum absolute atomic E-state index is 12.1. The van der Waals surface area contributed by atoms with Crippen LogP contribution in [0, 0.1) is 0 Å². The Bertz CT molecular complexity index is 872. The Hall–Kier alpha value is -3.53. The van der Waals surface area contributed by atoms with Crippen LogP contribution in [0.1, 0.15) is 0 Å². The first kappa shape index (κ1) is 18.3. The number of carbonyl (C=O) groups is 1. The van der Waals surface area contributed by atoms with Gasteiger partial charge in [-0.3, -0.25) is 4.79 Å². The molecule has 136 valence electrons. The van der Waals surface area contributed by atoms with Gasteiger partial charge in [-0.05, 0) is 47.5 Å². The molecule has 0 atom stereocenters. The second-order valence-corrected chi connectivity index (χ2v) is 5.85. The molecule has 0 aliphatic carbocycles. The predicted molar refractivity (Wildman–Crippen MR) is 108 cm³/mol. The summed E-state index contributed by atoms with van der Waals surface area (Å²) in [5.41, 5.74) is 2.93. The summed E-state index contributed by atoms with van der Waals surface area (Å²) >= 11 is 0. The molecule has 4 nitrogen and oxygen atoms in total. The van der Waals surface area contributed by atoms with Crippen LogP contribution in [-0.2, 0) is 4.79 Å². The highest BCUT2D eigenvalue weighted by atomic mass is 16.5. The van der Waals surface area contributed by atoms with Crippen molar-refractivity contribution in [3.05, 3.63) is 91.5 Å². The van der Waals surface area contributed by atoms with Crippen LogP contribution in [-0.4, -0.2) is 19.1 Å². The molecule has 0 aliphatic heterocycles. The van der Waals surface area contributed by atoms with E-state index in [0.29, 0.717) is 18.0 Å². The van der Waals surface area contributed by atoms with Gasteiger partial charge in [-0.25, -0.2) is 0 Å². The molecule has 0 heterocycles. The molecule has 0 unspecified atom stereocenters. The molecule has 0 saturated carbocycles. The van der Waals surface area contributed by atoms with Crippen molar-refractivity contribution in [2.45, 2.75) is 0 Å². The monoisotopic (exact) mass is 359 g/mol. The van der Waals surface area contributed by atoms with Crippen molar-refractivity contribution in [1.29, 1.82) is 0 Å². The SMILES string of the molecule is C=CCOc1ccc(NC(=O)COc2ccc(-c3ccccc3)cc2)cc1. The first-order valence-corrected chi connectivity index (χ1v) is 8.66. The Kier molecular flexibility index (Phi) is 6.26. The van der Waals surface area contributed by atoms with E-state index >= 15 is 0 Å². The Morgan fingerprint density at radius 3 is 2.07 bits per heavy atom. The first-order chi connectivity index (χ1) is 13.2. The summed E-state index contributed by atoms with van der Waals surface area (Å²) in [6.07, 6.45) is 1.68. The van der Waals surface area contributed by atoms with Gasteiger partial charge in [0.1, 0.15) is 18.1 Å². The number of hydrogen-bond donors (Lipinski definition) is 1. The summed E-state index contributed by atoms with van der Waals surface area (Å²) in [6.45, 7) is 3.99. The molecule has 0 spiro atoms. The number of amides is 1. The fourth-order valence-corrected chi connectivity index (χ4v) is 2.51. The van der Waals surface area contributed by atoms with Crippen molar-refractivity contribution >= 4 is 11.6 Å². The van der Waals surface area contributed by atoms with E-state index in [1.54, 1.807) is 30.3 Å². The maximum Gasteiger partial charge on any atom is 0.262 e. The van der Waals surface area contributed by atoms with Crippen molar-refractivity contribution in [2.75, 3.05) is 18.5 Å². The zero-order valence-electron chi connectivity index (χ0n) is 14.9. The van der Waals surface area contributed by atoms with Gasteiger partial charge >= 0.3 is 0 Å². The van der Waals surface area contributed by atoms with Gasteiger partial charge in [-0.2, -0.15) is 0 Å². The summed E-state index contributed by atoms with van der Waals surface area (Å²) in [6, 6.07) is 24.9. The lowest BCUT2D eigenvalue weighted by Crippen LogP contribution is -2.20. The molecular weight excluding hydrogens is 338 g/mol. The lowest BCUT2D eigenvalue weighted by atomic mass is 10.1. The van der Waals surface area contributed by atoms with Gasteiger partial charge in [0.25, 0.3) is 5.91 Å². The predicted octanol–water partition coefficient (Wildman–Crippen LogP) is 4.94. The fourth-order valence-electron chi connectivity index (χ4n) is 2.51. The number of carbonyl (C=O) groups excluding carboxylic acids is 1. The molecule has 4 heteroatoms. The number of nitrogens with one attached hydrogen (secondary N) is 1. The molecule has 0 saturated heterocycles. The average molecular weight is 359 g/mol. The minimum Gasteiger partial charge on any atom is -0.490 e. The normalized spacial score (nSPS) is 10.1. The molecule has 0 bridgehead atoms. The van der Waals surface area contributed by atoms with Crippen molar-refractivity contribution in [3.63, 3.8) is 0 Å². The summed E-state index contributed by atoms with van der Waals surface area (Å²) in [5.74, 6) is 1.16. The largest absolute Gasteiger partial charge is 0.490 e. The van der Waals surface area contributed by atoms with Gasteiger partial charge < -0.3 is 14.8 Å². The van der Waals surface area contributed by atoms with Crippen LogP contribution in [0.5, 0.6) is 11.5 Å². The van der Waals surface area contributed by atoms with Crippen molar-refractivity contribution in [3.8, 4) is 22.6 Å². The summed E-state index contributed by atoms with van der Waals surface area (Å²) in [4.78, 5) is 12.1. The maximum atomic E-state index is 12.1. The topological polar surface area (TPSA) is 47.6 Å². The van der Waals surface area contributed by atoms with Gasteiger partial charge in [-0.15, -0.1) is 0 Å². The van der Waals surface area contributed by atoms with E-state index in [4.69, 9.17) is 9.47 Å². The number of hydrogen-bond acceptors (Lipinski definition) is 3. The highest BCUT2D eigenvalue weighted by molar-refractivity contribution is 5.91. The fraction of sp³-hybridized carbons (Fsp3) is 0.0870. The average Bonchev–Trinajstić information content (AvgIpc) is 2.73. The van der Waals surface area contributed by atoms with Crippen LogP contribution in [0.3, 0.4) is 0 Å².